The summed E-state index contributed by atoms with van der Waals surface area (Å²) in [5.41, 5.74) is 7.32. The minimum Gasteiger partial charge on any atom is -0.463 e. The van der Waals surface area contributed by atoms with Crippen LogP contribution in [-0.2, 0) is 9.53 Å². The molecule has 170 valence electrons. The van der Waals surface area contributed by atoms with Crippen LogP contribution < -0.4 is 10.6 Å². The molecule has 1 aliphatic carbocycles. The van der Waals surface area contributed by atoms with Gasteiger partial charge in [0, 0.05) is 50.5 Å². The van der Waals surface area contributed by atoms with E-state index in [9.17, 15) is 9.59 Å². The lowest BCUT2D eigenvalue weighted by Gasteiger charge is -2.41. The van der Waals surface area contributed by atoms with Crippen LogP contribution in [0.15, 0.2) is 24.3 Å². The molecule has 31 heavy (non-hydrogen) atoms. The van der Waals surface area contributed by atoms with Crippen LogP contribution in [0.3, 0.4) is 0 Å². The van der Waals surface area contributed by atoms with E-state index in [-0.39, 0.29) is 35.9 Å². The molecule has 0 atom stereocenters. The Balaban J connectivity index is 1.47. The summed E-state index contributed by atoms with van der Waals surface area (Å²) in [6.07, 6.45) is 3.14. The van der Waals surface area contributed by atoms with E-state index in [1.165, 1.54) is 0 Å². The number of rotatable bonds is 5. The number of hydrogen-bond donors (Lipinski definition) is 2. The highest BCUT2D eigenvalue weighted by molar-refractivity contribution is 5.95. The molecule has 2 aliphatic rings. The number of amidine groups is 1. The van der Waals surface area contributed by atoms with E-state index in [4.69, 9.17) is 15.9 Å². The Kier molecular flexibility index (Phi) is 7.41. The quantitative estimate of drug-likeness (QED) is 0.426. The molecular weight excluding hydrogens is 394 g/mol. The number of nitrogen functional groups attached to an aromatic ring is 1. The van der Waals surface area contributed by atoms with Gasteiger partial charge in [-0.1, -0.05) is 0 Å². The first kappa shape index (κ1) is 22.9. The second kappa shape index (κ2) is 10.0. The average Bonchev–Trinajstić information content (AvgIpc) is 2.78. The predicted octanol–water partition coefficient (Wildman–Crippen LogP) is 2.65. The van der Waals surface area contributed by atoms with E-state index in [0.29, 0.717) is 18.7 Å². The van der Waals surface area contributed by atoms with Crippen LogP contribution in [0.25, 0.3) is 0 Å². The van der Waals surface area contributed by atoms with Gasteiger partial charge in [-0.2, -0.15) is 0 Å². The van der Waals surface area contributed by atoms with Crippen LogP contribution >= 0.6 is 0 Å². The zero-order chi connectivity index (χ0) is 22.5. The van der Waals surface area contributed by atoms with Crippen LogP contribution in [0.2, 0.25) is 0 Å². The van der Waals surface area contributed by atoms with Gasteiger partial charge in [-0.3, -0.25) is 10.2 Å². The van der Waals surface area contributed by atoms with Crippen molar-refractivity contribution >= 4 is 23.5 Å². The Morgan fingerprint density at radius 2 is 1.65 bits per heavy atom. The summed E-state index contributed by atoms with van der Waals surface area (Å²) in [5, 5.41) is 7.50. The molecule has 8 nitrogen and oxygen atoms in total. The number of hydrogen-bond acceptors (Lipinski definition) is 5. The third-order valence-corrected chi connectivity index (χ3v) is 6.32. The third kappa shape index (κ3) is 5.68. The molecule has 1 saturated heterocycles. The summed E-state index contributed by atoms with van der Waals surface area (Å²) in [5.74, 6) is -0.0779. The lowest BCUT2D eigenvalue weighted by atomic mass is 9.85. The van der Waals surface area contributed by atoms with E-state index < -0.39 is 0 Å². The first-order valence-electron chi connectivity index (χ1n) is 11.2. The fourth-order valence-electron chi connectivity index (χ4n) is 4.41. The van der Waals surface area contributed by atoms with Crippen molar-refractivity contribution in [1.29, 1.82) is 5.41 Å². The molecule has 0 radical (unpaired) electrons. The van der Waals surface area contributed by atoms with Crippen molar-refractivity contribution in [1.82, 2.24) is 9.80 Å². The van der Waals surface area contributed by atoms with Gasteiger partial charge >= 0.3 is 12.0 Å². The molecule has 1 aliphatic heterocycles. The van der Waals surface area contributed by atoms with Crippen molar-refractivity contribution in [2.45, 2.75) is 51.7 Å². The number of piperazine rings is 1. The monoisotopic (exact) mass is 429 g/mol. The molecule has 8 heteroatoms. The molecule has 1 heterocycles. The third-order valence-electron chi connectivity index (χ3n) is 6.32. The molecule has 3 rings (SSSR count). The van der Waals surface area contributed by atoms with Gasteiger partial charge in [0.1, 0.15) is 5.84 Å². The summed E-state index contributed by atoms with van der Waals surface area (Å²) < 4.78 is 5.34. The number of amides is 2. The molecule has 0 spiro atoms. The van der Waals surface area contributed by atoms with E-state index >= 15 is 0 Å². The number of esters is 1. The van der Waals surface area contributed by atoms with Gasteiger partial charge < -0.3 is 25.2 Å². The summed E-state index contributed by atoms with van der Waals surface area (Å²) in [6.45, 7) is 6.63. The first-order chi connectivity index (χ1) is 14.8. The van der Waals surface area contributed by atoms with Crippen molar-refractivity contribution in [2.24, 2.45) is 11.7 Å². The number of urea groups is 1. The molecule has 2 fully saturated rings. The number of carbonyl (C=O) groups is 2. The van der Waals surface area contributed by atoms with E-state index in [2.05, 4.69) is 4.90 Å². The smallest absolute Gasteiger partial charge is 0.320 e. The van der Waals surface area contributed by atoms with Crippen molar-refractivity contribution in [2.75, 3.05) is 38.1 Å². The lowest BCUT2D eigenvalue weighted by molar-refractivity contribution is -0.153. The Morgan fingerprint density at radius 1 is 1.06 bits per heavy atom. The number of nitrogens with two attached hydrogens (primary N) is 1. The summed E-state index contributed by atoms with van der Waals surface area (Å²) in [7, 11) is 1.88. The standard InChI is InChI=1S/C23H35N5O3/c1-16(2)31-22(29)18-6-8-19(9-7-18)26(3)23(30)28-14-12-27(13-15-28)20-10-4-17(5-11-20)21(24)25/h4-5,10-11,16,18-19H,6-9,12-15H2,1-3H3,(H3,24,25). The number of benzene rings is 1. The molecule has 0 unspecified atom stereocenters. The van der Waals surface area contributed by atoms with Crippen LogP contribution in [-0.4, -0.2) is 73.0 Å². The van der Waals surface area contributed by atoms with Crippen LogP contribution in [0, 0.1) is 11.3 Å². The second-order valence-electron chi connectivity index (χ2n) is 8.82. The Morgan fingerprint density at radius 3 is 2.16 bits per heavy atom. The van der Waals surface area contributed by atoms with E-state index in [1.54, 1.807) is 0 Å². The highest BCUT2D eigenvalue weighted by Crippen LogP contribution is 2.29. The number of carbonyl (C=O) groups excluding carboxylic acids is 2. The van der Waals surface area contributed by atoms with Crippen molar-refractivity contribution < 1.29 is 14.3 Å². The van der Waals surface area contributed by atoms with Crippen LogP contribution in [0.4, 0.5) is 10.5 Å². The molecule has 0 bridgehead atoms. The summed E-state index contributed by atoms with van der Waals surface area (Å²) in [4.78, 5) is 31.2. The van der Waals surface area contributed by atoms with E-state index in [0.717, 1.165) is 44.5 Å². The number of nitrogens with one attached hydrogen (secondary N) is 1. The number of anilines is 1. The fourth-order valence-corrected chi connectivity index (χ4v) is 4.41. The van der Waals surface area contributed by atoms with Crippen molar-refractivity contribution in [3.63, 3.8) is 0 Å². The second-order valence-corrected chi connectivity index (χ2v) is 8.82. The molecule has 3 N–H and O–H groups in total. The van der Waals surface area contributed by atoms with Gasteiger partial charge in [-0.05, 0) is 63.8 Å². The van der Waals surface area contributed by atoms with Crippen molar-refractivity contribution in [3.8, 4) is 0 Å². The molecule has 1 saturated carbocycles. The normalized spacial score (nSPS) is 21.7. The lowest BCUT2D eigenvalue weighted by Crippen LogP contribution is -2.54. The zero-order valence-electron chi connectivity index (χ0n) is 18.8. The fraction of sp³-hybridized carbons (Fsp3) is 0.609. The van der Waals surface area contributed by atoms with Crippen molar-refractivity contribution in [3.05, 3.63) is 29.8 Å². The Labute approximate surface area is 184 Å². The van der Waals surface area contributed by atoms with Crippen LogP contribution in [0.5, 0.6) is 0 Å². The first-order valence-corrected chi connectivity index (χ1v) is 11.2. The topological polar surface area (TPSA) is 103 Å². The maximum atomic E-state index is 13.0. The SMILES string of the molecule is CC(C)OC(=O)C1CCC(N(C)C(=O)N2CCN(c3ccc(C(=N)N)cc3)CC2)CC1. The maximum Gasteiger partial charge on any atom is 0.320 e. The van der Waals surface area contributed by atoms with Gasteiger partial charge in [-0.25, -0.2) is 4.79 Å². The minimum absolute atomic E-state index is 0.0416. The van der Waals surface area contributed by atoms with Gasteiger partial charge in [0.05, 0.1) is 12.0 Å². The predicted molar refractivity (Wildman–Crippen MR) is 121 cm³/mol. The highest BCUT2D eigenvalue weighted by atomic mass is 16.5. The molecule has 2 amide bonds. The molecular formula is C23H35N5O3. The van der Waals surface area contributed by atoms with Gasteiger partial charge in [0.25, 0.3) is 0 Å². The summed E-state index contributed by atoms with van der Waals surface area (Å²) >= 11 is 0. The zero-order valence-corrected chi connectivity index (χ0v) is 18.8. The van der Waals surface area contributed by atoms with E-state index in [1.807, 2.05) is 55.0 Å². The Bertz CT molecular complexity index is 779. The van der Waals surface area contributed by atoms with Crippen LogP contribution in [0.1, 0.15) is 45.1 Å². The number of ether oxygens (including phenoxy) is 1. The molecule has 1 aromatic rings. The Hall–Kier alpha value is -2.77. The minimum atomic E-state index is -0.102. The van der Waals surface area contributed by atoms with Gasteiger partial charge in [0.2, 0.25) is 0 Å². The highest BCUT2D eigenvalue weighted by Gasteiger charge is 2.33. The largest absolute Gasteiger partial charge is 0.463 e. The summed E-state index contributed by atoms with van der Waals surface area (Å²) in [6, 6.07) is 7.91. The van der Waals surface area contributed by atoms with Gasteiger partial charge in [0.15, 0.2) is 0 Å². The maximum absolute atomic E-state index is 13.0. The molecule has 1 aromatic carbocycles. The molecule has 0 aromatic heterocycles. The number of nitrogens with zero attached hydrogens (tertiary/aromatic N) is 3. The average molecular weight is 430 g/mol. The van der Waals surface area contributed by atoms with Gasteiger partial charge in [-0.15, -0.1) is 0 Å².